The largest absolute Gasteiger partial charge is 0.417 e. The molecule has 0 aliphatic heterocycles. The summed E-state index contributed by atoms with van der Waals surface area (Å²) in [5.74, 6) is 0. The highest BCUT2D eigenvalue weighted by Gasteiger charge is 2.38. The van der Waals surface area contributed by atoms with Gasteiger partial charge in [0, 0.05) is 15.5 Å². The molecule has 0 saturated carbocycles. The molecular formula is C15H6F6OS. The van der Waals surface area contributed by atoms with Crippen LogP contribution in [-0.2, 0) is 12.4 Å². The van der Waals surface area contributed by atoms with E-state index in [2.05, 4.69) is 0 Å². The van der Waals surface area contributed by atoms with Gasteiger partial charge in [0.1, 0.15) is 0 Å². The molecule has 0 spiro atoms. The third-order valence-electron chi connectivity index (χ3n) is 3.31. The highest BCUT2D eigenvalue weighted by atomic mass is 32.1. The molecule has 0 radical (unpaired) electrons. The van der Waals surface area contributed by atoms with E-state index in [0.717, 1.165) is 0 Å². The number of alkyl halides is 6. The van der Waals surface area contributed by atoms with Gasteiger partial charge in [-0.05, 0) is 24.3 Å². The summed E-state index contributed by atoms with van der Waals surface area (Å²) in [7, 11) is 0. The Balaban J connectivity index is 2.55. The molecule has 0 N–H and O–H groups in total. The summed E-state index contributed by atoms with van der Waals surface area (Å²) in [6.45, 7) is 0. The number of benzene rings is 2. The fourth-order valence-electron chi connectivity index (χ4n) is 2.28. The van der Waals surface area contributed by atoms with Gasteiger partial charge in [0.25, 0.3) is 0 Å². The van der Waals surface area contributed by atoms with Crippen molar-refractivity contribution < 1.29 is 26.3 Å². The fourth-order valence-corrected chi connectivity index (χ4v) is 3.46. The Labute approximate surface area is 128 Å². The maximum Gasteiger partial charge on any atom is 0.417 e. The molecule has 8 heteroatoms. The second-order valence-corrected chi connectivity index (χ2v) is 5.88. The zero-order valence-electron chi connectivity index (χ0n) is 11.0. The van der Waals surface area contributed by atoms with Crippen LogP contribution < -0.4 is 5.43 Å². The first kappa shape index (κ1) is 15.8. The minimum absolute atomic E-state index is 0.0487. The van der Waals surface area contributed by atoms with E-state index in [4.69, 9.17) is 0 Å². The summed E-state index contributed by atoms with van der Waals surface area (Å²) in [4.78, 5) is 12.3. The second-order valence-electron chi connectivity index (χ2n) is 4.82. The molecule has 0 saturated heterocycles. The van der Waals surface area contributed by atoms with Crippen LogP contribution >= 0.6 is 11.3 Å². The van der Waals surface area contributed by atoms with E-state index in [-0.39, 0.29) is 16.2 Å². The van der Waals surface area contributed by atoms with Gasteiger partial charge in [0.05, 0.1) is 15.8 Å². The van der Waals surface area contributed by atoms with Gasteiger partial charge in [-0.3, -0.25) is 4.79 Å². The van der Waals surface area contributed by atoms with Crippen molar-refractivity contribution >= 4 is 31.5 Å². The van der Waals surface area contributed by atoms with Crippen LogP contribution in [0.2, 0.25) is 0 Å². The molecule has 0 amide bonds. The van der Waals surface area contributed by atoms with Gasteiger partial charge in [-0.1, -0.05) is 12.1 Å². The first-order chi connectivity index (χ1) is 10.6. The van der Waals surface area contributed by atoms with E-state index in [9.17, 15) is 31.1 Å². The standard InChI is InChI=1S/C15H6F6OS/c16-14(17,18)7-5-9-12(22)8-3-1-2-4-11(8)23-13(9)10(6-7)15(19,20)21/h1-6H. The smallest absolute Gasteiger partial charge is 0.289 e. The average molecular weight is 348 g/mol. The van der Waals surface area contributed by atoms with E-state index >= 15 is 0 Å². The van der Waals surface area contributed by atoms with Crippen LogP contribution in [-0.4, -0.2) is 0 Å². The summed E-state index contributed by atoms with van der Waals surface area (Å²) < 4.78 is 77.9. The predicted molar refractivity (Wildman–Crippen MR) is 75.6 cm³/mol. The Morgan fingerprint density at radius 1 is 0.826 bits per heavy atom. The Morgan fingerprint density at radius 2 is 1.48 bits per heavy atom. The molecule has 0 aliphatic carbocycles. The minimum atomic E-state index is -5.00. The number of fused-ring (bicyclic) bond motifs is 2. The van der Waals surface area contributed by atoms with Gasteiger partial charge in [-0.15, -0.1) is 11.3 Å². The zero-order valence-corrected chi connectivity index (χ0v) is 11.9. The van der Waals surface area contributed by atoms with E-state index in [1.54, 1.807) is 6.07 Å². The molecule has 1 aromatic heterocycles. The Bertz CT molecular complexity index is 968. The molecule has 0 bridgehead atoms. The molecule has 3 aromatic rings. The van der Waals surface area contributed by atoms with Crippen LogP contribution in [0.25, 0.3) is 20.2 Å². The fraction of sp³-hybridized carbons (Fsp3) is 0.133. The second kappa shape index (κ2) is 4.95. The van der Waals surface area contributed by atoms with E-state index in [0.29, 0.717) is 17.4 Å². The Kier molecular flexibility index (Phi) is 3.40. The van der Waals surface area contributed by atoms with Crippen LogP contribution in [0.5, 0.6) is 0 Å². The van der Waals surface area contributed by atoms with Crippen molar-refractivity contribution in [2.75, 3.05) is 0 Å². The molecule has 3 rings (SSSR count). The van der Waals surface area contributed by atoms with Crippen molar-refractivity contribution in [2.24, 2.45) is 0 Å². The molecule has 0 unspecified atom stereocenters. The van der Waals surface area contributed by atoms with Gasteiger partial charge in [0.15, 0.2) is 5.43 Å². The van der Waals surface area contributed by atoms with Crippen molar-refractivity contribution in [2.45, 2.75) is 12.4 Å². The molecule has 2 aromatic carbocycles. The van der Waals surface area contributed by atoms with Crippen molar-refractivity contribution in [3.05, 3.63) is 57.7 Å². The summed E-state index contributed by atoms with van der Waals surface area (Å²) in [5, 5.41) is -0.478. The quantitative estimate of drug-likeness (QED) is 0.390. The number of hydrogen-bond acceptors (Lipinski definition) is 2. The van der Waals surface area contributed by atoms with Crippen molar-refractivity contribution in [3.8, 4) is 0 Å². The van der Waals surface area contributed by atoms with E-state index in [1.807, 2.05) is 0 Å². The lowest BCUT2D eigenvalue weighted by Crippen LogP contribution is -2.13. The van der Waals surface area contributed by atoms with E-state index in [1.165, 1.54) is 18.2 Å². The van der Waals surface area contributed by atoms with Gasteiger partial charge < -0.3 is 0 Å². The predicted octanol–water partition coefficient (Wildman–Crippen LogP) is 5.45. The van der Waals surface area contributed by atoms with Crippen LogP contribution in [0.3, 0.4) is 0 Å². The molecule has 1 heterocycles. The lowest BCUT2D eigenvalue weighted by molar-refractivity contribution is -0.142. The first-order valence-electron chi connectivity index (χ1n) is 6.23. The number of rotatable bonds is 0. The highest BCUT2D eigenvalue weighted by Crippen LogP contribution is 2.41. The van der Waals surface area contributed by atoms with Crippen molar-refractivity contribution in [1.29, 1.82) is 0 Å². The van der Waals surface area contributed by atoms with Gasteiger partial charge in [-0.25, -0.2) is 0 Å². The number of hydrogen-bond donors (Lipinski definition) is 0. The Hall–Kier alpha value is -2.09. The molecule has 0 atom stereocenters. The number of halogens is 6. The van der Waals surface area contributed by atoms with Crippen LogP contribution in [0.4, 0.5) is 26.3 Å². The lowest BCUT2D eigenvalue weighted by Gasteiger charge is -2.14. The SMILES string of the molecule is O=c1c2ccccc2sc2c(C(F)(F)F)cc(C(F)(F)F)cc12. The third kappa shape index (κ3) is 2.67. The molecular weight excluding hydrogens is 342 g/mol. The van der Waals surface area contributed by atoms with Gasteiger partial charge in [0.2, 0.25) is 0 Å². The molecule has 0 aliphatic rings. The molecule has 120 valence electrons. The average Bonchev–Trinajstić information content (AvgIpc) is 2.44. The lowest BCUT2D eigenvalue weighted by atomic mass is 10.0. The zero-order chi connectivity index (χ0) is 17.0. The van der Waals surface area contributed by atoms with Crippen LogP contribution in [0.1, 0.15) is 11.1 Å². The van der Waals surface area contributed by atoms with Crippen molar-refractivity contribution in [3.63, 3.8) is 0 Å². The van der Waals surface area contributed by atoms with Gasteiger partial charge in [-0.2, -0.15) is 26.3 Å². The minimum Gasteiger partial charge on any atom is -0.289 e. The summed E-state index contributed by atoms with van der Waals surface area (Å²) >= 11 is 0.651. The van der Waals surface area contributed by atoms with Crippen LogP contribution in [0.15, 0.2) is 41.2 Å². The maximum atomic E-state index is 13.2. The normalized spacial score (nSPS) is 13.0. The summed E-state index contributed by atoms with van der Waals surface area (Å²) in [6.07, 6.45) is -9.97. The molecule has 23 heavy (non-hydrogen) atoms. The monoisotopic (exact) mass is 348 g/mol. The van der Waals surface area contributed by atoms with E-state index < -0.39 is 39.0 Å². The molecule has 0 fully saturated rings. The summed E-state index contributed by atoms with van der Waals surface area (Å²) in [5.41, 5.74) is -3.78. The van der Waals surface area contributed by atoms with Crippen LogP contribution in [0, 0.1) is 0 Å². The first-order valence-corrected chi connectivity index (χ1v) is 7.04. The highest BCUT2D eigenvalue weighted by molar-refractivity contribution is 7.24. The van der Waals surface area contributed by atoms with Crippen molar-refractivity contribution in [1.82, 2.24) is 0 Å². The molecule has 1 nitrogen and oxygen atoms in total. The van der Waals surface area contributed by atoms with Gasteiger partial charge >= 0.3 is 12.4 Å². The Morgan fingerprint density at radius 3 is 2.09 bits per heavy atom. The topological polar surface area (TPSA) is 17.1 Å². The third-order valence-corrected chi connectivity index (χ3v) is 4.53. The summed E-state index contributed by atoms with van der Waals surface area (Å²) in [6, 6.07) is 6.41. The maximum absolute atomic E-state index is 13.2.